The van der Waals surface area contributed by atoms with Crippen molar-refractivity contribution in [1.82, 2.24) is 5.32 Å². The molecule has 0 saturated carbocycles. The number of carbonyl (C=O) groups excluding carboxylic acids is 1. The van der Waals surface area contributed by atoms with Gasteiger partial charge in [-0.05, 0) is 47.0 Å². The minimum absolute atomic E-state index is 0.0590. The molecule has 1 aromatic rings. The van der Waals surface area contributed by atoms with E-state index in [0.717, 1.165) is 12.5 Å². The number of amides is 1. The van der Waals surface area contributed by atoms with Gasteiger partial charge in [-0.1, -0.05) is 20.3 Å². The highest BCUT2D eigenvalue weighted by Gasteiger charge is 2.27. The first-order valence-corrected chi connectivity index (χ1v) is 7.03. The van der Waals surface area contributed by atoms with Gasteiger partial charge in [-0.3, -0.25) is 4.79 Å². The third kappa shape index (κ3) is 4.28. The van der Waals surface area contributed by atoms with Gasteiger partial charge in [-0.15, -0.1) is 0 Å². The zero-order chi connectivity index (χ0) is 14.6. The van der Waals surface area contributed by atoms with Crippen molar-refractivity contribution < 1.29 is 14.3 Å². The van der Waals surface area contributed by atoms with Gasteiger partial charge >= 0.3 is 0 Å². The fourth-order valence-corrected chi connectivity index (χ4v) is 2.07. The molecule has 106 valence electrons. The maximum Gasteiger partial charge on any atom is 0.252 e. The number of carbonyl (C=O) groups is 1. The van der Waals surface area contributed by atoms with E-state index in [-0.39, 0.29) is 18.0 Å². The minimum Gasteiger partial charge on any atom is -0.388 e. The molecule has 0 fully saturated rings. The Balaban J connectivity index is 2.73. The zero-order valence-electron chi connectivity index (χ0n) is 11.3. The lowest BCUT2D eigenvalue weighted by Crippen LogP contribution is -2.45. The third-order valence-electron chi connectivity index (χ3n) is 3.45. The lowest BCUT2D eigenvalue weighted by molar-refractivity contribution is 0.00592. The van der Waals surface area contributed by atoms with E-state index in [2.05, 4.69) is 21.2 Å². The molecule has 0 bridgehead atoms. The highest BCUT2D eigenvalue weighted by Crippen LogP contribution is 2.20. The molecule has 19 heavy (non-hydrogen) atoms. The number of halogens is 2. The number of hydrogen-bond donors (Lipinski definition) is 2. The fourth-order valence-electron chi connectivity index (χ4n) is 1.64. The van der Waals surface area contributed by atoms with E-state index in [1.54, 1.807) is 6.92 Å². The SMILES string of the molecule is CCC(C)C(C)(O)CNC(=O)c1cc(F)ccc1Br. The molecule has 0 aromatic heterocycles. The second-order valence-electron chi connectivity index (χ2n) is 4.97. The van der Waals surface area contributed by atoms with Gasteiger partial charge < -0.3 is 10.4 Å². The summed E-state index contributed by atoms with van der Waals surface area (Å²) >= 11 is 3.20. The molecular formula is C14H19BrFNO2. The summed E-state index contributed by atoms with van der Waals surface area (Å²) < 4.78 is 13.6. The van der Waals surface area contributed by atoms with Crippen LogP contribution in [0.3, 0.4) is 0 Å². The maximum absolute atomic E-state index is 13.1. The van der Waals surface area contributed by atoms with Crippen molar-refractivity contribution in [1.29, 1.82) is 0 Å². The van der Waals surface area contributed by atoms with Crippen LogP contribution < -0.4 is 5.32 Å². The van der Waals surface area contributed by atoms with Crippen LogP contribution in [0.15, 0.2) is 22.7 Å². The molecule has 1 rings (SSSR count). The Hall–Kier alpha value is -0.940. The molecule has 0 aliphatic carbocycles. The highest BCUT2D eigenvalue weighted by atomic mass is 79.9. The van der Waals surface area contributed by atoms with Gasteiger partial charge in [-0.25, -0.2) is 4.39 Å². The van der Waals surface area contributed by atoms with Crippen molar-refractivity contribution >= 4 is 21.8 Å². The first kappa shape index (κ1) is 16.1. The number of rotatable bonds is 5. The third-order valence-corrected chi connectivity index (χ3v) is 4.15. The van der Waals surface area contributed by atoms with Crippen LogP contribution in [0.1, 0.15) is 37.6 Å². The lowest BCUT2D eigenvalue weighted by Gasteiger charge is -2.29. The number of hydrogen-bond acceptors (Lipinski definition) is 2. The molecule has 5 heteroatoms. The molecule has 2 atom stereocenters. The van der Waals surface area contributed by atoms with Gasteiger partial charge in [0.2, 0.25) is 0 Å². The summed E-state index contributed by atoms with van der Waals surface area (Å²) in [5, 5.41) is 12.8. The summed E-state index contributed by atoms with van der Waals surface area (Å²) in [6.07, 6.45) is 0.812. The molecule has 2 N–H and O–H groups in total. The predicted molar refractivity (Wildman–Crippen MR) is 76.5 cm³/mol. The fraction of sp³-hybridized carbons (Fsp3) is 0.500. The molecule has 0 spiro atoms. The van der Waals surface area contributed by atoms with Crippen LogP contribution in [0.4, 0.5) is 4.39 Å². The molecule has 0 aliphatic rings. The van der Waals surface area contributed by atoms with Crippen molar-refractivity contribution in [2.75, 3.05) is 6.54 Å². The summed E-state index contributed by atoms with van der Waals surface area (Å²) in [5.41, 5.74) is -0.760. The Morgan fingerprint density at radius 3 is 2.79 bits per heavy atom. The van der Waals surface area contributed by atoms with Gasteiger partial charge in [-0.2, -0.15) is 0 Å². The van der Waals surface area contributed by atoms with E-state index in [4.69, 9.17) is 0 Å². The Bertz CT molecular complexity index is 463. The van der Waals surface area contributed by atoms with Crippen LogP contribution in [0, 0.1) is 11.7 Å². The molecule has 1 amide bonds. The van der Waals surface area contributed by atoms with Crippen molar-refractivity contribution in [2.24, 2.45) is 5.92 Å². The van der Waals surface area contributed by atoms with Crippen LogP contribution >= 0.6 is 15.9 Å². The normalized spacial score (nSPS) is 15.7. The van der Waals surface area contributed by atoms with Crippen LogP contribution in [-0.4, -0.2) is 23.2 Å². The zero-order valence-corrected chi connectivity index (χ0v) is 12.9. The van der Waals surface area contributed by atoms with E-state index in [0.29, 0.717) is 4.47 Å². The topological polar surface area (TPSA) is 49.3 Å². The van der Waals surface area contributed by atoms with E-state index in [1.165, 1.54) is 12.1 Å². The molecule has 0 saturated heterocycles. The molecule has 0 radical (unpaired) electrons. The standard InChI is InChI=1S/C14H19BrFNO2/c1-4-9(2)14(3,19)8-17-13(18)11-7-10(16)5-6-12(11)15/h5-7,9,19H,4,8H2,1-3H3,(H,17,18). The quantitative estimate of drug-likeness (QED) is 0.870. The van der Waals surface area contributed by atoms with Gasteiger partial charge in [0, 0.05) is 11.0 Å². The number of aliphatic hydroxyl groups is 1. The monoisotopic (exact) mass is 331 g/mol. The van der Waals surface area contributed by atoms with Crippen LogP contribution in [0.5, 0.6) is 0 Å². The minimum atomic E-state index is -0.982. The molecule has 3 nitrogen and oxygen atoms in total. The van der Waals surface area contributed by atoms with Gasteiger partial charge in [0.25, 0.3) is 5.91 Å². The van der Waals surface area contributed by atoms with Crippen LogP contribution in [0.25, 0.3) is 0 Å². The molecule has 1 aromatic carbocycles. The lowest BCUT2D eigenvalue weighted by atomic mass is 9.88. The highest BCUT2D eigenvalue weighted by molar-refractivity contribution is 9.10. The van der Waals surface area contributed by atoms with Crippen molar-refractivity contribution in [2.45, 2.75) is 32.8 Å². The molecular weight excluding hydrogens is 313 g/mol. The first-order valence-electron chi connectivity index (χ1n) is 6.23. The number of benzene rings is 1. The smallest absolute Gasteiger partial charge is 0.252 e. The van der Waals surface area contributed by atoms with Gasteiger partial charge in [0.1, 0.15) is 5.82 Å². The maximum atomic E-state index is 13.1. The second-order valence-corrected chi connectivity index (χ2v) is 5.83. The largest absolute Gasteiger partial charge is 0.388 e. The summed E-state index contributed by atoms with van der Waals surface area (Å²) in [5.74, 6) is -0.819. The van der Waals surface area contributed by atoms with Gasteiger partial charge in [0.15, 0.2) is 0 Å². The van der Waals surface area contributed by atoms with Crippen molar-refractivity contribution in [3.8, 4) is 0 Å². The van der Waals surface area contributed by atoms with E-state index >= 15 is 0 Å². The molecule has 2 unspecified atom stereocenters. The summed E-state index contributed by atoms with van der Waals surface area (Å²) in [6.45, 7) is 5.71. The van der Waals surface area contributed by atoms with Gasteiger partial charge in [0.05, 0.1) is 11.2 Å². The first-order chi connectivity index (χ1) is 8.77. The van der Waals surface area contributed by atoms with Crippen LogP contribution in [0.2, 0.25) is 0 Å². The van der Waals surface area contributed by atoms with Crippen LogP contribution in [-0.2, 0) is 0 Å². The Kier molecular flexibility index (Phi) is 5.50. The van der Waals surface area contributed by atoms with E-state index in [9.17, 15) is 14.3 Å². The Morgan fingerprint density at radius 1 is 1.58 bits per heavy atom. The average Bonchev–Trinajstić information content (AvgIpc) is 2.37. The average molecular weight is 332 g/mol. The van der Waals surface area contributed by atoms with E-state index in [1.807, 2.05) is 13.8 Å². The number of nitrogens with one attached hydrogen (secondary N) is 1. The summed E-state index contributed by atoms with van der Waals surface area (Å²) in [7, 11) is 0. The summed E-state index contributed by atoms with van der Waals surface area (Å²) in [4.78, 5) is 12.0. The Morgan fingerprint density at radius 2 is 2.21 bits per heavy atom. The predicted octanol–water partition coefficient (Wildman–Crippen LogP) is 3.12. The molecule has 0 aliphatic heterocycles. The second kappa shape index (κ2) is 6.48. The summed E-state index contributed by atoms with van der Waals surface area (Å²) in [6, 6.07) is 3.92. The van der Waals surface area contributed by atoms with Crippen molar-refractivity contribution in [3.05, 3.63) is 34.1 Å². The Labute approximate surface area is 121 Å². The molecule has 0 heterocycles. The van der Waals surface area contributed by atoms with Crippen molar-refractivity contribution in [3.63, 3.8) is 0 Å². The van der Waals surface area contributed by atoms with E-state index < -0.39 is 17.3 Å².